The number of halogens is 1. The number of urea groups is 1. The zero-order valence-electron chi connectivity index (χ0n) is 11.8. The van der Waals surface area contributed by atoms with Crippen molar-refractivity contribution in [2.75, 3.05) is 6.54 Å². The lowest BCUT2D eigenvalue weighted by atomic mass is 10.1. The Kier molecular flexibility index (Phi) is 6.01. The van der Waals surface area contributed by atoms with Gasteiger partial charge in [0.1, 0.15) is 6.54 Å². The summed E-state index contributed by atoms with van der Waals surface area (Å²) in [5.41, 5.74) is 0.951. The van der Waals surface area contributed by atoms with Gasteiger partial charge in [-0.2, -0.15) is 0 Å². The predicted octanol–water partition coefficient (Wildman–Crippen LogP) is 3.01. The van der Waals surface area contributed by atoms with Crippen molar-refractivity contribution in [2.24, 2.45) is 0 Å². The molecule has 0 bridgehead atoms. The van der Waals surface area contributed by atoms with Gasteiger partial charge in [0.15, 0.2) is 0 Å². The maximum atomic E-state index is 12.1. The summed E-state index contributed by atoms with van der Waals surface area (Å²) in [5.74, 6) is -1.02. The summed E-state index contributed by atoms with van der Waals surface area (Å²) in [5, 5.41) is 11.7. The topological polar surface area (TPSA) is 69.6 Å². The van der Waals surface area contributed by atoms with E-state index in [0.717, 1.165) is 10.0 Å². The first-order valence-corrected chi connectivity index (χ1v) is 7.15. The molecule has 0 spiro atoms. The zero-order chi connectivity index (χ0) is 15.3. The first-order valence-electron chi connectivity index (χ1n) is 6.35. The van der Waals surface area contributed by atoms with Gasteiger partial charge in [0.2, 0.25) is 0 Å². The van der Waals surface area contributed by atoms with Crippen LogP contribution in [-0.2, 0) is 4.79 Å². The number of nitrogens with one attached hydrogen (secondary N) is 1. The van der Waals surface area contributed by atoms with Crippen molar-refractivity contribution in [3.05, 3.63) is 34.3 Å². The Hall–Kier alpha value is -1.56. The maximum absolute atomic E-state index is 12.1. The van der Waals surface area contributed by atoms with Crippen LogP contribution in [0.25, 0.3) is 0 Å². The average molecular weight is 343 g/mol. The molecule has 1 atom stereocenters. The van der Waals surface area contributed by atoms with Gasteiger partial charge in [-0.05, 0) is 38.5 Å². The van der Waals surface area contributed by atoms with Crippen LogP contribution < -0.4 is 5.32 Å². The third kappa shape index (κ3) is 4.85. The zero-order valence-corrected chi connectivity index (χ0v) is 13.3. The van der Waals surface area contributed by atoms with Gasteiger partial charge in [0.25, 0.3) is 0 Å². The summed E-state index contributed by atoms with van der Waals surface area (Å²) >= 11 is 3.38. The average Bonchev–Trinajstić information content (AvgIpc) is 2.35. The van der Waals surface area contributed by atoms with Crippen molar-refractivity contribution in [1.82, 2.24) is 10.2 Å². The molecule has 0 aromatic heterocycles. The highest BCUT2D eigenvalue weighted by atomic mass is 79.9. The van der Waals surface area contributed by atoms with Crippen molar-refractivity contribution >= 4 is 27.9 Å². The molecule has 1 unspecified atom stereocenters. The smallest absolute Gasteiger partial charge is 0.323 e. The number of carbonyl (C=O) groups is 2. The van der Waals surface area contributed by atoms with E-state index in [1.807, 2.05) is 31.2 Å². The van der Waals surface area contributed by atoms with Crippen LogP contribution in [0.15, 0.2) is 28.7 Å². The summed E-state index contributed by atoms with van der Waals surface area (Å²) in [6.45, 7) is 5.12. The minimum Gasteiger partial charge on any atom is -0.480 e. The molecule has 0 aliphatic rings. The second kappa shape index (κ2) is 7.28. The van der Waals surface area contributed by atoms with E-state index in [0.29, 0.717) is 0 Å². The normalized spacial score (nSPS) is 12.1. The van der Waals surface area contributed by atoms with E-state index in [9.17, 15) is 9.59 Å². The molecule has 0 heterocycles. The SMILES string of the molecule is CC(NC(=O)N(CC(=O)O)C(C)C)c1cccc(Br)c1. The molecule has 110 valence electrons. The molecule has 6 heteroatoms. The van der Waals surface area contributed by atoms with Crippen molar-refractivity contribution in [3.8, 4) is 0 Å². The lowest BCUT2D eigenvalue weighted by Gasteiger charge is -2.27. The second-order valence-electron chi connectivity index (χ2n) is 4.84. The largest absolute Gasteiger partial charge is 0.480 e. The van der Waals surface area contributed by atoms with Crippen LogP contribution in [0.1, 0.15) is 32.4 Å². The standard InChI is InChI=1S/C14H19BrN2O3/c1-9(2)17(8-13(18)19)14(20)16-10(3)11-5-4-6-12(15)7-11/h4-7,9-10H,8H2,1-3H3,(H,16,20)(H,18,19). The second-order valence-corrected chi connectivity index (χ2v) is 5.76. The van der Waals surface area contributed by atoms with E-state index in [1.165, 1.54) is 4.90 Å². The summed E-state index contributed by atoms with van der Waals surface area (Å²) in [6.07, 6.45) is 0. The highest BCUT2D eigenvalue weighted by Gasteiger charge is 2.21. The number of aliphatic carboxylic acids is 1. The first-order chi connectivity index (χ1) is 9.31. The molecule has 20 heavy (non-hydrogen) atoms. The third-order valence-electron chi connectivity index (χ3n) is 2.88. The summed E-state index contributed by atoms with van der Waals surface area (Å²) in [6, 6.07) is 6.86. The maximum Gasteiger partial charge on any atom is 0.323 e. The fourth-order valence-corrected chi connectivity index (χ4v) is 2.18. The Bertz CT molecular complexity index is 491. The van der Waals surface area contributed by atoms with Crippen LogP contribution in [0.2, 0.25) is 0 Å². The first kappa shape index (κ1) is 16.5. The van der Waals surface area contributed by atoms with Crippen LogP contribution >= 0.6 is 15.9 Å². The van der Waals surface area contributed by atoms with Crippen molar-refractivity contribution in [3.63, 3.8) is 0 Å². The van der Waals surface area contributed by atoms with E-state index >= 15 is 0 Å². The fourth-order valence-electron chi connectivity index (χ4n) is 1.76. The minimum absolute atomic E-state index is 0.180. The number of hydrogen-bond acceptors (Lipinski definition) is 2. The van der Waals surface area contributed by atoms with Gasteiger partial charge in [-0.25, -0.2) is 4.79 Å². The predicted molar refractivity (Wildman–Crippen MR) is 80.6 cm³/mol. The van der Waals surface area contributed by atoms with E-state index < -0.39 is 5.97 Å². The van der Waals surface area contributed by atoms with Gasteiger partial charge in [0.05, 0.1) is 6.04 Å². The molecule has 0 aliphatic carbocycles. The number of hydrogen-bond donors (Lipinski definition) is 2. The Morgan fingerprint density at radius 1 is 1.35 bits per heavy atom. The molecule has 1 aromatic rings. The van der Waals surface area contributed by atoms with E-state index in [2.05, 4.69) is 21.2 Å². The van der Waals surface area contributed by atoms with E-state index in [1.54, 1.807) is 13.8 Å². The van der Waals surface area contributed by atoms with Crippen LogP contribution in [0.4, 0.5) is 4.79 Å². The van der Waals surface area contributed by atoms with Crippen LogP contribution in [0, 0.1) is 0 Å². The lowest BCUT2D eigenvalue weighted by Crippen LogP contribution is -2.47. The quantitative estimate of drug-likeness (QED) is 0.863. The molecule has 0 radical (unpaired) electrons. The number of carboxylic acids is 1. The highest BCUT2D eigenvalue weighted by molar-refractivity contribution is 9.10. The third-order valence-corrected chi connectivity index (χ3v) is 3.37. The monoisotopic (exact) mass is 342 g/mol. The summed E-state index contributed by atoms with van der Waals surface area (Å²) in [7, 11) is 0. The number of amides is 2. The number of rotatable bonds is 5. The minimum atomic E-state index is -1.02. The van der Waals surface area contributed by atoms with Crippen molar-refractivity contribution in [1.29, 1.82) is 0 Å². The Labute approximate surface area is 127 Å². The highest BCUT2D eigenvalue weighted by Crippen LogP contribution is 2.18. The van der Waals surface area contributed by atoms with Crippen LogP contribution in [-0.4, -0.2) is 34.6 Å². The molecular formula is C14H19BrN2O3. The Morgan fingerprint density at radius 2 is 2.00 bits per heavy atom. The van der Waals surface area contributed by atoms with Gasteiger partial charge >= 0.3 is 12.0 Å². The molecule has 2 amide bonds. The molecule has 1 aromatic carbocycles. The molecule has 0 saturated heterocycles. The molecule has 0 aliphatic heterocycles. The number of benzene rings is 1. The molecule has 1 rings (SSSR count). The lowest BCUT2D eigenvalue weighted by molar-refractivity contribution is -0.138. The van der Waals surface area contributed by atoms with Gasteiger partial charge in [-0.1, -0.05) is 28.1 Å². The molecular weight excluding hydrogens is 324 g/mol. The molecule has 0 fully saturated rings. The van der Waals surface area contributed by atoms with Crippen molar-refractivity contribution in [2.45, 2.75) is 32.9 Å². The molecule has 5 nitrogen and oxygen atoms in total. The van der Waals surface area contributed by atoms with Crippen molar-refractivity contribution < 1.29 is 14.7 Å². The molecule has 0 saturated carbocycles. The number of nitrogens with zero attached hydrogens (tertiary/aromatic N) is 1. The van der Waals surface area contributed by atoms with Crippen LogP contribution in [0.5, 0.6) is 0 Å². The fraction of sp³-hybridized carbons (Fsp3) is 0.429. The summed E-state index contributed by atoms with van der Waals surface area (Å²) < 4.78 is 0.933. The van der Waals surface area contributed by atoms with Gasteiger partial charge in [-0.3, -0.25) is 4.79 Å². The van der Waals surface area contributed by atoms with Gasteiger partial charge in [0, 0.05) is 10.5 Å². The molecule has 2 N–H and O–H groups in total. The van der Waals surface area contributed by atoms with Crippen LogP contribution in [0.3, 0.4) is 0 Å². The van der Waals surface area contributed by atoms with E-state index in [-0.39, 0.29) is 24.7 Å². The van der Waals surface area contributed by atoms with Gasteiger partial charge < -0.3 is 15.3 Å². The Morgan fingerprint density at radius 3 is 2.50 bits per heavy atom. The van der Waals surface area contributed by atoms with E-state index in [4.69, 9.17) is 5.11 Å². The Balaban J connectivity index is 2.75. The number of carboxylic acid groups (broad SMARTS) is 1. The number of carbonyl (C=O) groups excluding carboxylic acids is 1. The summed E-state index contributed by atoms with van der Waals surface area (Å²) in [4.78, 5) is 24.2. The van der Waals surface area contributed by atoms with Gasteiger partial charge in [-0.15, -0.1) is 0 Å².